The third-order valence-electron chi connectivity index (χ3n) is 2.97. The Morgan fingerprint density at radius 1 is 1.21 bits per heavy atom. The molecule has 0 unspecified atom stereocenters. The van der Waals surface area contributed by atoms with Crippen LogP contribution in [0.25, 0.3) is 6.08 Å². The first-order valence-electron chi connectivity index (χ1n) is 6.63. The molecule has 0 radical (unpaired) electrons. The molecule has 24 heavy (non-hydrogen) atoms. The second-order valence-electron chi connectivity index (χ2n) is 4.70. The molecule has 0 spiro atoms. The molecule has 0 fully saturated rings. The van der Waals surface area contributed by atoms with Crippen LogP contribution in [0.15, 0.2) is 51.4 Å². The number of ether oxygens (including phenoxy) is 1. The van der Waals surface area contributed by atoms with Crippen molar-refractivity contribution < 1.29 is 19.6 Å². The van der Waals surface area contributed by atoms with E-state index in [1.165, 1.54) is 18.2 Å². The zero-order chi connectivity index (χ0) is 17.7. The van der Waals surface area contributed by atoms with E-state index in [4.69, 9.17) is 9.84 Å². The number of hydrogen-bond donors (Lipinski definition) is 1. The second-order valence-corrected chi connectivity index (χ2v) is 6.41. The average molecular weight is 457 g/mol. The van der Waals surface area contributed by atoms with E-state index in [1.807, 2.05) is 0 Å². The lowest BCUT2D eigenvalue weighted by Crippen LogP contribution is -1.98. The van der Waals surface area contributed by atoms with Gasteiger partial charge in [-0.1, -0.05) is 0 Å². The molecule has 2 aromatic carbocycles. The first-order valence-corrected chi connectivity index (χ1v) is 8.21. The SMILES string of the molecule is O=C(O)/C=C/c1cc(Br)c(OCc2ccc([N+](=O)[O-])cc2)c(Br)c1. The van der Waals surface area contributed by atoms with Crippen LogP contribution in [0.3, 0.4) is 0 Å². The van der Waals surface area contributed by atoms with Crippen molar-refractivity contribution in [3.8, 4) is 5.75 Å². The van der Waals surface area contributed by atoms with Crippen molar-refractivity contribution in [3.63, 3.8) is 0 Å². The highest BCUT2D eigenvalue weighted by atomic mass is 79.9. The molecule has 0 aromatic heterocycles. The molecule has 2 aromatic rings. The third kappa shape index (κ3) is 4.90. The molecule has 6 nitrogen and oxygen atoms in total. The summed E-state index contributed by atoms with van der Waals surface area (Å²) in [5, 5.41) is 19.3. The minimum atomic E-state index is -1.03. The van der Waals surface area contributed by atoms with Gasteiger partial charge in [0, 0.05) is 18.2 Å². The van der Waals surface area contributed by atoms with Gasteiger partial charge in [0.15, 0.2) is 0 Å². The smallest absolute Gasteiger partial charge is 0.328 e. The van der Waals surface area contributed by atoms with E-state index in [0.29, 0.717) is 20.3 Å². The lowest BCUT2D eigenvalue weighted by molar-refractivity contribution is -0.384. The van der Waals surface area contributed by atoms with Crippen LogP contribution < -0.4 is 4.74 Å². The predicted octanol–water partition coefficient (Wildman–Crippen LogP) is 4.80. The van der Waals surface area contributed by atoms with E-state index in [-0.39, 0.29) is 12.3 Å². The summed E-state index contributed by atoms with van der Waals surface area (Å²) in [5.74, 6) is -0.471. The second kappa shape index (κ2) is 8.07. The normalized spacial score (nSPS) is 10.8. The van der Waals surface area contributed by atoms with Gasteiger partial charge >= 0.3 is 5.97 Å². The largest absolute Gasteiger partial charge is 0.487 e. The van der Waals surface area contributed by atoms with Crippen LogP contribution in [0.5, 0.6) is 5.75 Å². The molecule has 0 aliphatic rings. The van der Waals surface area contributed by atoms with Gasteiger partial charge in [0.1, 0.15) is 12.4 Å². The molecule has 2 rings (SSSR count). The molecule has 0 aliphatic carbocycles. The standard InChI is InChI=1S/C16H11Br2NO5/c17-13-7-11(3-6-15(20)21)8-14(18)16(13)24-9-10-1-4-12(5-2-10)19(22)23/h1-8H,9H2,(H,20,21)/b6-3+. The van der Waals surface area contributed by atoms with E-state index in [9.17, 15) is 14.9 Å². The fourth-order valence-corrected chi connectivity index (χ4v) is 3.30. The number of carboxylic acids is 1. The number of nitro benzene ring substituents is 1. The van der Waals surface area contributed by atoms with Crippen molar-refractivity contribution in [2.75, 3.05) is 0 Å². The number of rotatable bonds is 6. The molecular formula is C16H11Br2NO5. The van der Waals surface area contributed by atoms with Gasteiger partial charge in [-0.3, -0.25) is 10.1 Å². The number of hydrogen-bond acceptors (Lipinski definition) is 4. The van der Waals surface area contributed by atoms with Gasteiger partial charge in [0.2, 0.25) is 0 Å². The Morgan fingerprint density at radius 2 is 1.79 bits per heavy atom. The maximum Gasteiger partial charge on any atom is 0.328 e. The van der Waals surface area contributed by atoms with Crippen molar-refractivity contribution in [2.45, 2.75) is 6.61 Å². The lowest BCUT2D eigenvalue weighted by atomic mass is 10.2. The first-order chi connectivity index (χ1) is 11.4. The van der Waals surface area contributed by atoms with Crippen LogP contribution >= 0.6 is 31.9 Å². The molecule has 0 bridgehead atoms. The Balaban J connectivity index is 2.12. The fraction of sp³-hybridized carbons (Fsp3) is 0.0625. The molecule has 0 saturated heterocycles. The Hall–Kier alpha value is -2.19. The molecule has 1 N–H and O–H groups in total. The quantitative estimate of drug-likeness (QED) is 0.383. The van der Waals surface area contributed by atoms with Crippen LogP contribution in [0, 0.1) is 10.1 Å². The van der Waals surface area contributed by atoms with Crippen molar-refractivity contribution in [2.24, 2.45) is 0 Å². The van der Waals surface area contributed by atoms with Gasteiger partial charge in [0.25, 0.3) is 5.69 Å². The van der Waals surface area contributed by atoms with Crippen molar-refractivity contribution >= 4 is 49.6 Å². The molecule has 0 saturated carbocycles. The monoisotopic (exact) mass is 455 g/mol. The van der Waals surface area contributed by atoms with Gasteiger partial charge in [0.05, 0.1) is 13.9 Å². The number of benzene rings is 2. The number of carboxylic acid groups (broad SMARTS) is 1. The zero-order valence-electron chi connectivity index (χ0n) is 12.1. The number of carbonyl (C=O) groups is 1. The summed E-state index contributed by atoms with van der Waals surface area (Å²) in [6.07, 6.45) is 2.52. The molecule has 0 amide bonds. The summed E-state index contributed by atoms with van der Waals surface area (Å²) in [5.41, 5.74) is 1.50. The maximum atomic E-state index is 10.6. The Morgan fingerprint density at radius 3 is 2.29 bits per heavy atom. The van der Waals surface area contributed by atoms with Crippen LogP contribution in [-0.4, -0.2) is 16.0 Å². The molecule has 0 atom stereocenters. The van der Waals surface area contributed by atoms with Crippen LogP contribution in [-0.2, 0) is 11.4 Å². The molecule has 0 aliphatic heterocycles. The Bertz CT molecular complexity index is 780. The number of aliphatic carboxylic acids is 1. The van der Waals surface area contributed by atoms with Crippen molar-refractivity contribution in [3.05, 3.63) is 72.7 Å². The van der Waals surface area contributed by atoms with E-state index in [0.717, 1.165) is 11.6 Å². The van der Waals surface area contributed by atoms with Crippen LogP contribution in [0.1, 0.15) is 11.1 Å². The predicted molar refractivity (Wildman–Crippen MR) is 95.9 cm³/mol. The van der Waals surface area contributed by atoms with E-state index >= 15 is 0 Å². The zero-order valence-corrected chi connectivity index (χ0v) is 15.3. The number of non-ortho nitro benzene ring substituents is 1. The summed E-state index contributed by atoms with van der Waals surface area (Å²) in [6.45, 7) is 0.236. The maximum absolute atomic E-state index is 10.6. The minimum Gasteiger partial charge on any atom is -0.487 e. The number of nitro groups is 1. The highest BCUT2D eigenvalue weighted by Crippen LogP contribution is 2.35. The number of nitrogens with zero attached hydrogens (tertiary/aromatic N) is 1. The van der Waals surface area contributed by atoms with E-state index in [1.54, 1.807) is 24.3 Å². The molecule has 8 heteroatoms. The minimum absolute atomic E-state index is 0.0238. The topological polar surface area (TPSA) is 89.7 Å². The first kappa shape index (κ1) is 18.2. The summed E-state index contributed by atoms with van der Waals surface area (Å²) in [6, 6.07) is 9.56. The van der Waals surface area contributed by atoms with E-state index in [2.05, 4.69) is 31.9 Å². The van der Waals surface area contributed by atoms with Gasteiger partial charge < -0.3 is 9.84 Å². The molecular weight excluding hydrogens is 446 g/mol. The van der Waals surface area contributed by atoms with Gasteiger partial charge in [-0.15, -0.1) is 0 Å². The molecule has 124 valence electrons. The summed E-state index contributed by atoms with van der Waals surface area (Å²) in [7, 11) is 0. The summed E-state index contributed by atoms with van der Waals surface area (Å²) < 4.78 is 7.04. The summed E-state index contributed by atoms with van der Waals surface area (Å²) in [4.78, 5) is 20.7. The lowest BCUT2D eigenvalue weighted by Gasteiger charge is -2.11. The van der Waals surface area contributed by atoms with Crippen molar-refractivity contribution in [1.82, 2.24) is 0 Å². The number of halogens is 2. The summed E-state index contributed by atoms with van der Waals surface area (Å²) >= 11 is 6.77. The average Bonchev–Trinajstić information content (AvgIpc) is 2.52. The highest BCUT2D eigenvalue weighted by Gasteiger charge is 2.10. The van der Waals surface area contributed by atoms with Crippen molar-refractivity contribution in [1.29, 1.82) is 0 Å². The van der Waals surface area contributed by atoms with Gasteiger partial charge in [-0.25, -0.2) is 4.79 Å². The van der Waals surface area contributed by atoms with Gasteiger partial charge in [-0.05, 0) is 73.3 Å². The molecule has 0 heterocycles. The third-order valence-corrected chi connectivity index (χ3v) is 4.15. The van der Waals surface area contributed by atoms with Crippen LogP contribution in [0.2, 0.25) is 0 Å². The highest BCUT2D eigenvalue weighted by molar-refractivity contribution is 9.11. The Kier molecular flexibility index (Phi) is 6.10. The van der Waals surface area contributed by atoms with Crippen LogP contribution in [0.4, 0.5) is 5.69 Å². The fourth-order valence-electron chi connectivity index (χ4n) is 1.85. The van der Waals surface area contributed by atoms with E-state index < -0.39 is 10.9 Å². The van der Waals surface area contributed by atoms with Gasteiger partial charge in [-0.2, -0.15) is 0 Å². The Labute approximate surface area is 154 Å².